The normalized spacial score (nSPS) is 22.9. The number of fused-ring (bicyclic) bond motifs is 1. The van der Waals surface area contributed by atoms with Gasteiger partial charge in [-0.2, -0.15) is 4.39 Å². The molecule has 2 aromatic rings. The number of benzene rings is 2. The minimum absolute atomic E-state index is 0.0134. The molecule has 0 aliphatic heterocycles. The van der Waals surface area contributed by atoms with Crippen LogP contribution in [0.2, 0.25) is 0 Å². The lowest BCUT2D eigenvalue weighted by Crippen LogP contribution is -2.13. The molecule has 2 aliphatic rings. The van der Waals surface area contributed by atoms with Gasteiger partial charge in [0.1, 0.15) is 0 Å². The Morgan fingerprint density at radius 2 is 1.67 bits per heavy atom. The van der Waals surface area contributed by atoms with Gasteiger partial charge in [-0.15, -0.1) is 0 Å². The summed E-state index contributed by atoms with van der Waals surface area (Å²) in [4.78, 5) is 0. The highest BCUT2D eigenvalue weighted by molar-refractivity contribution is 5.71. The lowest BCUT2D eigenvalue weighted by molar-refractivity contribution is 0.288. The zero-order valence-electron chi connectivity index (χ0n) is 17.3. The maximum absolute atomic E-state index is 14.9. The number of unbranched alkanes of at least 4 members (excludes halogenated alkanes) is 1. The standard InChI is InChI=1S/C25H26F4O/c1-3-4-13-30-21-12-11-20(24(28)25(21)29)18-10-8-15-16(18)7-9-17(15)19-6-5-14(2)22(26)23(19)27/h5-6,10-12,15-17H,3-4,7-9,13H2,1-2H3. The molecule has 1 fully saturated rings. The van der Waals surface area contributed by atoms with Gasteiger partial charge in [0.2, 0.25) is 5.82 Å². The summed E-state index contributed by atoms with van der Waals surface area (Å²) in [6.45, 7) is 3.89. The van der Waals surface area contributed by atoms with Crippen LogP contribution in [0.15, 0.2) is 30.3 Å². The molecular weight excluding hydrogens is 392 g/mol. The quantitative estimate of drug-likeness (QED) is 0.353. The van der Waals surface area contributed by atoms with Gasteiger partial charge in [-0.25, -0.2) is 13.2 Å². The van der Waals surface area contributed by atoms with E-state index in [4.69, 9.17) is 4.74 Å². The molecule has 0 spiro atoms. The van der Waals surface area contributed by atoms with Gasteiger partial charge in [0.05, 0.1) is 6.61 Å². The highest BCUT2D eigenvalue weighted by atomic mass is 19.2. The van der Waals surface area contributed by atoms with Crippen LogP contribution in [0.25, 0.3) is 5.57 Å². The van der Waals surface area contributed by atoms with Crippen molar-refractivity contribution in [2.75, 3.05) is 6.61 Å². The predicted molar refractivity (Wildman–Crippen MR) is 109 cm³/mol. The Balaban J connectivity index is 1.57. The first kappa shape index (κ1) is 21.0. The third-order valence-electron chi connectivity index (χ3n) is 6.65. The fourth-order valence-corrected chi connectivity index (χ4v) is 5.03. The van der Waals surface area contributed by atoms with Crippen molar-refractivity contribution in [3.8, 4) is 5.75 Å². The second kappa shape index (κ2) is 8.44. The lowest BCUT2D eigenvalue weighted by atomic mass is 9.83. The molecule has 160 valence electrons. The van der Waals surface area contributed by atoms with Gasteiger partial charge in [0.15, 0.2) is 23.2 Å². The smallest absolute Gasteiger partial charge is 0.201 e. The van der Waals surface area contributed by atoms with E-state index < -0.39 is 23.3 Å². The zero-order valence-corrected chi connectivity index (χ0v) is 17.3. The molecule has 4 rings (SSSR count). The van der Waals surface area contributed by atoms with E-state index in [2.05, 4.69) is 0 Å². The number of halogens is 4. The van der Waals surface area contributed by atoms with Crippen molar-refractivity contribution < 1.29 is 22.3 Å². The van der Waals surface area contributed by atoms with E-state index >= 15 is 0 Å². The predicted octanol–water partition coefficient (Wildman–Crippen LogP) is 7.33. The third kappa shape index (κ3) is 3.52. The molecule has 30 heavy (non-hydrogen) atoms. The van der Waals surface area contributed by atoms with Gasteiger partial charge in [0, 0.05) is 5.56 Å². The molecule has 0 heterocycles. The summed E-state index contributed by atoms with van der Waals surface area (Å²) in [6.07, 6.45) is 5.70. The molecule has 5 heteroatoms. The Morgan fingerprint density at radius 3 is 2.43 bits per heavy atom. The van der Waals surface area contributed by atoms with Crippen molar-refractivity contribution in [1.29, 1.82) is 0 Å². The van der Waals surface area contributed by atoms with E-state index in [1.807, 2.05) is 13.0 Å². The van der Waals surface area contributed by atoms with E-state index in [1.165, 1.54) is 6.07 Å². The van der Waals surface area contributed by atoms with Crippen LogP contribution in [0.3, 0.4) is 0 Å². The molecule has 2 aliphatic carbocycles. The number of hydrogen-bond donors (Lipinski definition) is 0. The molecule has 0 bridgehead atoms. The summed E-state index contributed by atoms with van der Waals surface area (Å²) < 4.78 is 63.4. The molecule has 0 saturated heterocycles. The zero-order chi connectivity index (χ0) is 21.4. The molecule has 0 N–H and O–H groups in total. The molecule has 3 atom stereocenters. The highest BCUT2D eigenvalue weighted by Crippen LogP contribution is 2.55. The van der Waals surface area contributed by atoms with Crippen LogP contribution in [-0.2, 0) is 0 Å². The summed E-state index contributed by atoms with van der Waals surface area (Å²) in [5, 5.41) is 0. The maximum atomic E-state index is 14.9. The van der Waals surface area contributed by atoms with E-state index in [0.29, 0.717) is 25.0 Å². The van der Waals surface area contributed by atoms with Crippen LogP contribution in [0, 0.1) is 42.0 Å². The van der Waals surface area contributed by atoms with Crippen LogP contribution in [-0.4, -0.2) is 6.61 Å². The molecule has 2 aromatic carbocycles. The van der Waals surface area contributed by atoms with Crippen LogP contribution < -0.4 is 4.74 Å². The average molecular weight is 418 g/mol. The Labute approximate surface area is 174 Å². The molecule has 3 unspecified atom stereocenters. The number of aryl methyl sites for hydroxylation is 1. The molecular formula is C25H26F4O. The van der Waals surface area contributed by atoms with Crippen LogP contribution in [0.1, 0.15) is 61.6 Å². The summed E-state index contributed by atoms with van der Waals surface area (Å²) in [5.74, 6) is -3.54. The Kier molecular flexibility index (Phi) is 5.90. The topological polar surface area (TPSA) is 9.23 Å². The van der Waals surface area contributed by atoms with E-state index in [1.54, 1.807) is 25.1 Å². The minimum Gasteiger partial charge on any atom is -0.490 e. The van der Waals surface area contributed by atoms with Crippen LogP contribution in [0.5, 0.6) is 5.75 Å². The van der Waals surface area contributed by atoms with Crippen LogP contribution >= 0.6 is 0 Å². The third-order valence-corrected chi connectivity index (χ3v) is 6.65. The van der Waals surface area contributed by atoms with Gasteiger partial charge in [-0.05, 0) is 79.2 Å². The largest absolute Gasteiger partial charge is 0.490 e. The van der Waals surface area contributed by atoms with Gasteiger partial charge in [-0.1, -0.05) is 31.6 Å². The summed E-state index contributed by atoms with van der Waals surface area (Å²) >= 11 is 0. The van der Waals surface area contributed by atoms with Crippen molar-refractivity contribution in [2.45, 2.75) is 51.9 Å². The first-order valence-electron chi connectivity index (χ1n) is 10.7. The molecule has 1 saturated carbocycles. The lowest BCUT2D eigenvalue weighted by Gasteiger charge is -2.22. The number of allylic oxidation sites excluding steroid dienone is 2. The molecule has 0 amide bonds. The first-order chi connectivity index (χ1) is 14.4. The first-order valence-corrected chi connectivity index (χ1v) is 10.7. The second-order valence-electron chi connectivity index (χ2n) is 8.39. The summed E-state index contributed by atoms with van der Waals surface area (Å²) in [6, 6.07) is 6.34. The van der Waals surface area contributed by atoms with Crippen LogP contribution in [0.4, 0.5) is 17.6 Å². The van der Waals surface area contributed by atoms with E-state index in [-0.39, 0.29) is 34.6 Å². The monoisotopic (exact) mass is 418 g/mol. The second-order valence-corrected chi connectivity index (χ2v) is 8.39. The fourth-order valence-electron chi connectivity index (χ4n) is 5.03. The average Bonchev–Trinajstić information content (AvgIpc) is 3.33. The van der Waals surface area contributed by atoms with E-state index in [0.717, 1.165) is 24.8 Å². The van der Waals surface area contributed by atoms with Crippen molar-refractivity contribution in [1.82, 2.24) is 0 Å². The Bertz CT molecular complexity index is 982. The number of hydrogen-bond acceptors (Lipinski definition) is 1. The maximum Gasteiger partial charge on any atom is 0.201 e. The fraction of sp³-hybridized carbons (Fsp3) is 0.440. The van der Waals surface area contributed by atoms with Gasteiger partial charge in [-0.3, -0.25) is 0 Å². The van der Waals surface area contributed by atoms with Crippen molar-refractivity contribution >= 4 is 5.57 Å². The van der Waals surface area contributed by atoms with E-state index in [9.17, 15) is 17.6 Å². The minimum atomic E-state index is -0.964. The molecule has 0 radical (unpaired) electrons. The Hall–Kier alpha value is -2.30. The number of ether oxygens (including phenoxy) is 1. The van der Waals surface area contributed by atoms with Crippen molar-refractivity contribution in [3.63, 3.8) is 0 Å². The highest BCUT2D eigenvalue weighted by Gasteiger charge is 2.43. The molecule has 1 nitrogen and oxygen atoms in total. The summed E-state index contributed by atoms with van der Waals surface area (Å²) in [7, 11) is 0. The SMILES string of the molecule is CCCCOc1ccc(C2=CCC3C2CCC3c2ccc(C)c(F)c2F)c(F)c1F. The van der Waals surface area contributed by atoms with Crippen molar-refractivity contribution in [3.05, 3.63) is 70.3 Å². The summed E-state index contributed by atoms with van der Waals surface area (Å²) in [5.41, 5.74) is 1.70. The Morgan fingerprint density at radius 1 is 0.900 bits per heavy atom. The van der Waals surface area contributed by atoms with Crippen molar-refractivity contribution in [2.24, 2.45) is 11.8 Å². The van der Waals surface area contributed by atoms with Gasteiger partial charge >= 0.3 is 0 Å². The van der Waals surface area contributed by atoms with Gasteiger partial charge < -0.3 is 4.74 Å². The number of rotatable bonds is 6. The molecule has 0 aromatic heterocycles. The van der Waals surface area contributed by atoms with Gasteiger partial charge in [0.25, 0.3) is 0 Å².